The molecule has 3 heterocycles. The van der Waals surface area contributed by atoms with Crippen LogP contribution in [0.1, 0.15) is 30.0 Å². The van der Waals surface area contributed by atoms with Crippen LogP contribution < -0.4 is 5.32 Å². The molecule has 2 aromatic rings. The summed E-state index contributed by atoms with van der Waals surface area (Å²) in [6.07, 6.45) is 1.40. The highest BCUT2D eigenvalue weighted by Gasteiger charge is 2.53. The van der Waals surface area contributed by atoms with Gasteiger partial charge in [0.2, 0.25) is 5.91 Å². The Morgan fingerprint density at radius 2 is 1.76 bits per heavy atom. The van der Waals surface area contributed by atoms with Crippen LogP contribution in [-0.2, 0) is 15.1 Å². The molecule has 0 bridgehead atoms. The minimum absolute atomic E-state index is 0.200. The Morgan fingerprint density at radius 1 is 1.09 bits per heavy atom. The number of nitrogens with one attached hydrogen (secondary N) is 1. The lowest BCUT2D eigenvalue weighted by atomic mass is 9.91. The van der Waals surface area contributed by atoms with E-state index in [1.807, 2.05) is 0 Å². The zero-order valence-electron chi connectivity index (χ0n) is 18.0. The molecule has 33 heavy (non-hydrogen) atoms. The lowest BCUT2D eigenvalue weighted by molar-refractivity contribution is -0.143. The highest BCUT2D eigenvalue weighted by atomic mass is 19.1. The van der Waals surface area contributed by atoms with E-state index in [0.717, 1.165) is 23.1 Å². The zero-order valence-corrected chi connectivity index (χ0v) is 18.0. The van der Waals surface area contributed by atoms with Gasteiger partial charge < -0.3 is 19.5 Å². The number of benzene rings is 1. The summed E-state index contributed by atoms with van der Waals surface area (Å²) >= 11 is 0. The first-order chi connectivity index (χ1) is 15.6. The maximum absolute atomic E-state index is 14.3. The Labute approximate surface area is 187 Å². The molecule has 2 aliphatic heterocycles. The number of hydrogen-bond donors (Lipinski definition) is 1. The molecule has 0 radical (unpaired) electrons. The molecule has 1 N–H and O–H groups in total. The number of piperazine rings is 1. The van der Waals surface area contributed by atoms with Crippen LogP contribution in [-0.4, -0.2) is 70.7 Å². The lowest BCUT2D eigenvalue weighted by Gasteiger charge is -2.36. The Kier molecular flexibility index (Phi) is 5.64. The van der Waals surface area contributed by atoms with Crippen LogP contribution in [0.15, 0.2) is 41.0 Å². The van der Waals surface area contributed by atoms with Gasteiger partial charge in [-0.05, 0) is 44.2 Å². The first kappa shape index (κ1) is 22.4. The van der Waals surface area contributed by atoms with E-state index in [1.165, 1.54) is 25.0 Å². The number of carbonyl (C=O) groups is 4. The molecule has 2 fully saturated rings. The molecule has 0 saturated carbocycles. The van der Waals surface area contributed by atoms with Gasteiger partial charge in [-0.25, -0.2) is 18.5 Å². The van der Waals surface area contributed by atoms with Crippen LogP contribution in [0.3, 0.4) is 0 Å². The van der Waals surface area contributed by atoms with Crippen molar-refractivity contribution in [2.45, 2.75) is 25.4 Å². The third-order valence-corrected chi connectivity index (χ3v) is 6.04. The van der Waals surface area contributed by atoms with Gasteiger partial charge in [0.1, 0.15) is 23.2 Å². The number of urea groups is 1. The molecule has 0 aliphatic carbocycles. The van der Waals surface area contributed by atoms with Crippen LogP contribution in [0.2, 0.25) is 0 Å². The zero-order chi connectivity index (χ0) is 23.9. The van der Waals surface area contributed by atoms with Gasteiger partial charge >= 0.3 is 6.03 Å². The molecule has 2 saturated heterocycles. The van der Waals surface area contributed by atoms with E-state index >= 15 is 0 Å². The second kappa shape index (κ2) is 8.30. The molecular weight excluding hydrogens is 438 g/mol. The molecule has 1 aromatic heterocycles. The molecule has 0 unspecified atom stereocenters. The van der Waals surface area contributed by atoms with Gasteiger partial charge in [-0.15, -0.1) is 0 Å². The number of nitrogens with zero attached hydrogens (tertiary/aromatic N) is 3. The number of furan rings is 1. The summed E-state index contributed by atoms with van der Waals surface area (Å²) in [5, 5.41) is 2.39. The summed E-state index contributed by atoms with van der Waals surface area (Å²) < 4.78 is 33.2. The van der Waals surface area contributed by atoms with Gasteiger partial charge in [0.15, 0.2) is 5.76 Å². The second-order valence-electron chi connectivity index (χ2n) is 8.13. The fourth-order valence-corrected chi connectivity index (χ4v) is 4.14. The number of hydrogen-bond acceptors (Lipinski definition) is 5. The maximum Gasteiger partial charge on any atom is 0.326 e. The van der Waals surface area contributed by atoms with Crippen molar-refractivity contribution in [3.63, 3.8) is 0 Å². The average Bonchev–Trinajstić information content (AvgIpc) is 3.41. The molecule has 11 heteroatoms. The van der Waals surface area contributed by atoms with E-state index in [-0.39, 0.29) is 43.4 Å². The molecular formula is C22H22F2N4O5. The summed E-state index contributed by atoms with van der Waals surface area (Å²) in [5.74, 6) is -3.06. The monoisotopic (exact) mass is 460 g/mol. The van der Waals surface area contributed by atoms with Crippen molar-refractivity contribution in [2.24, 2.45) is 0 Å². The van der Waals surface area contributed by atoms with Gasteiger partial charge in [0.05, 0.1) is 6.26 Å². The fraction of sp³-hybridized carbons (Fsp3) is 0.364. The number of imide groups is 1. The van der Waals surface area contributed by atoms with Gasteiger partial charge in [-0.2, -0.15) is 0 Å². The summed E-state index contributed by atoms with van der Waals surface area (Å²) in [6, 6.07) is 3.73. The third-order valence-electron chi connectivity index (χ3n) is 6.04. The Hall–Kier alpha value is -3.76. The Bertz CT molecular complexity index is 1110. The molecule has 1 aromatic carbocycles. The minimum atomic E-state index is -1.86. The van der Waals surface area contributed by atoms with Crippen LogP contribution in [0, 0.1) is 11.6 Å². The Balaban J connectivity index is 1.46. The van der Waals surface area contributed by atoms with Crippen molar-refractivity contribution >= 4 is 23.8 Å². The summed E-state index contributed by atoms with van der Waals surface area (Å²) in [6.45, 7) is 3.58. The summed E-state index contributed by atoms with van der Waals surface area (Å²) in [4.78, 5) is 54.9. The normalized spacial score (nSPS) is 21.9. The Morgan fingerprint density at radius 3 is 2.39 bits per heavy atom. The maximum atomic E-state index is 14.3. The number of amides is 5. The molecule has 2 aliphatic rings. The van der Waals surface area contributed by atoms with Gasteiger partial charge in [-0.3, -0.25) is 14.4 Å². The van der Waals surface area contributed by atoms with Crippen LogP contribution >= 0.6 is 0 Å². The summed E-state index contributed by atoms with van der Waals surface area (Å²) in [5.41, 5.74) is -2.18. The third kappa shape index (κ3) is 3.83. The lowest BCUT2D eigenvalue weighted by Crippen LogP contribution is -2.56. The quantitative estimate of drug-likeness (QED) is 0.700. The smallest absolute Gasteiger partial charge is 0.326 e. The first-order valence-electron chi connectivity index (χ1n) is 10.4. The van der Waals surface area contributed by atoms with Crippen molar-refractivity contribution in [3.05, 3.63) is 59.6 Å². The van der Waals surface area contributed by atoms with E-state index in [4.69, 9.17) is 4.42 Å². The SMILES string of the molecule is C[C@H](C(=O)N1CCN(C(=O)c2ccco2)CC1)N1C(=O)N[C@@](C)(c2cc(F)ccc2F)C1=O. The predicted octanol–water partition coefficient (Wildman–Crippen LogP) is 1.70. The van der Waals surface area contributed by atoms with Crippen molar-refractivity contribution in [1.29, 1.82) is 0 Å². The van der Waals surface area contributed by atoms with E-state index < -0.39 is 41.1 Å². The van der Waals surface area contributed by atoms with E-state index in [1.54, 1.807) is 17.0 Å². The molecule has 5 amide bonds. The summed E-state index contributed by atoms with van der Waals surface area (Å²) in [7, 11) is 0. The molecule has 0 spiro atoms. The standard InChI is InChI=1S/C22H22F2N4O5/c1-13(18(29)26-7-9-27(10-8-26)19(30)17-4-3-11-33-17)28-20(31)22(2,25-21(28)32)15-12-14(23)5-6-16(15)24/h3-6,11-13H,7-10H2,1-2H3,(H,25,32)/t13-,22+/m1/s1. The fourth-order valence-electron chi connectivity index (χ4n) is 4.14. The van der Waals surface area contributed by atoms with Gasteiger partial charge in [-0.1, -0.05) is 0 Å². The van der Waals surface area contributed by atoms with Crippen LogP contribution in [0.4, 0.5) is 13.6 Å². The van der Waals surface area contributed by atoms with Crippen molar-refractivity contribution in [3.8, 4) is 0 Å². The van der Waals surface area contributed by atoms with Gasteiger partial charge in [0.25, 0.3) is 11.8 Å². The first-order valence-corrected chi connectivity index (χ1v) is 10.4. The van der Waals surface area contributed by atoms with E-state index in [0.29, 0.717) is 0 Å². The molecule has 2 atom stereocenters. The van der Waals surface area contributed by atoms with Crippen molar-refractivity contribution in [2.75, 3.05) is 26.2 Å². The minimum Gasteiger partial charge on any atom is -0.459 e. The highest BCUT2D eigenvalue weighted by Crippen LogP contribution is 2.32. The number of carbonyl (C=O) groups excluding carboxylic acids is 4. The topological polar surface area (TPSA) is 103 Å². The van der Waals surface area contributed by atoms with Crippen LogP contribution in [0.5, 0.6) is 0 Å². The van der Waals surface area contributed by atoms with Crippen molar-refractivity contribution in [1.82, 2.24) is 20.0 Å². The van der Waals surface area contributed by atoms with E-state index in [9.17, 15) is 28.0 Å². The van der Waals surface area contributed by atoms with E-state index in [2.05, 4.69) is 5.32 Å². The van der Waals surface area contributed by atoms with Crippen LogP contribution in [0.25, 0.3) is 0 Å². The number of halogens is 2. The predicted molar refractivity (Wildman–Crippen MR) is 110 cm³/mol. The second-order valence-corrected chi connectivity index (χ2v) is 8.13. The largest absolute Gasteiger partial charge is 0.459 e. The van der Waals surface area contributed by atoms with Gasteiger partial charge in [0, 0.05) is 31.7 Å². The molecule has 4 rings (SSSR count). The van der Waals surface area contributed by atoms with Crippen molar-refractivity contribution < 1.29 is 32.4 Å². The number of rotatable bonds is 4. The molecule has 9 nitrogen and oxygen atoms in total. The average molecular weight is 460 g/mol. The molecule has 174 valence electrons. The highest BCUT2D eigenvalue weighted by molar-refractivity contribution is 6.10.